The summed E-state index contributed by atoms with van der Waals surface area (Å²) in [6.07, 6.45) is -0.450. The largest absolute Gasteiger partial charge is 0.433 e. The minimum absolute atomic E-state index is 0.0126. The van der Waals surface area contributed by atoms with E-state index >= 15 is 0 Å². The van der Waals surface area contributed by atoms with E-state index in [1.807, 2.05) is 11.9 Å². The molecular formula is C19H27F3N4O. The number of hydrogen-bond acceptors (Lipinski definition) is 4. The Morgan fingerprint density at radius 1 is 1.22 bits per heavy atom. The molecule has 0 radical (unpaired) electrons. The van der Waals surface area contributed by atoms with Crippen molar-refractivity contribution in [3.8, 4) is 0 Å². The van der Waals surface area contributed by atoms with Crippen molar-refractivity contribution in [2.75, 3.05) is 26.7 Å². The van der Waals surface area contributed by atoms with Crippen molar-refractivity contribution in [2.45, 2.75) is 51.6 Å². The molecule has 1 aromatic heterocycles. The number of aryl methyl sites for hydroxylation is 2. The van der Waals surface area contributed by atoms with E-state index in [1.54, 1.807) is 0 Å². The van der Waals surface area contributed by atoms with Crippen LogP contribution in [0.1, 0.15) is 48.5 Å². The quantitative estimate of drug-likeness (QED) is 0.867. The number of alkyl halides is 3. The van der Waals surface area contributed by atoms with Gasteiger partial charge in [-0.1, -0.05) is 0 Å². The molecular weight excluding hydrogens is 357 g/mol. The summed E-state index contributed by atoms with van der Waals surface area (Å²) in [6.45, 7) is 3.85. The third kappa shape index (κ3) is 4.59. The first-order valence-corrected chi connectivity index (χ1v) is 9.66. The van der Waals surface area contributed by atoms with E-state index in [4.69, 9.17) is 0 Å². The van der Waals surface area contributed by atoms with Gasteiger partial charge < -0.3 is 10.2 Å². The van der Waals surface area contributed by atoms with E-state index in [0.29, 0.717) is 37.5 Å². The Balaban J connectivity index is 1.68. The van der Waals surface area contributed by atoms with Crippen molar-refractivity contribution >= 4 is 5.91 Å². The number of rotatable bonds is 4. The van der Waals surface area contributed by atoms with Crippen molar-refractivity contribution in [3.05, 3.63) is 22.8 Å². The number of amides is 1. The SMILES string of the molecule is CNCCC1CCN(C(=O)C2CCc3nc(C)nc(C(F)(F)F)c3C2)CC1. The van der Waals surface area contributed by atoms with Gasteiger partial charge in [0.2, 0.25) is 5.91 Å². The fraction of sp³-hybridized carbons (Fsp3) is 0.737. The van der Waals surface area contributed by atoms with Gasteiger partial charge >= 0.3 is 6.18 Å². The van der Waals surface area contributed by atoms with Gasteiger partial charge in [0.25, 0.3) is 0 Å². The Labute approximate surface area is 157 Å². The maximum atomic E-state index is 13.4. The van der Waals surface area contributed by atoms with Crippen LogP contribution in [0.3, 0.4) is 0 Å². The zero-order valence-electron chi connectivity index (χ0n) is 15.9. The second-order valence-corrected chi connectivity index (χ2v) is 7.64. The Morgan fingerprint density at radius 3 is 2.56 bits per heavy atom. The molecule has 27 heavy (non-hydrogen) atoms. The van der Waals surface area contributed by atoms with Crippen LogP contribution < -0.4 is 5.32 Å². The van der Waals surface area contributed by atoms with Gasteiger partial charge in [-0.05, 0) is 65.0 Å². The minimum atomic E-state index is -4.52. The lowest BCUT2D eigenvalue weighted by Crippen LogP contribution is -2.43. The van der Waals surface area contributed by atoms with Gasteiger partial charge in [0.15, 0.2) is 5.69 Å². The number of aromatic nitrogens is 2. The van der Waals surface area contributed by atoms with E-state index in [0.717, 1.165) is 25.8 Å². The molecule has 1 aliphatic carbocycles. The van der Waals surface area contributed by atoms with Gasteiger partial charge in [0, 0.05) is 30.3 Å². The van der Waals surface area contributed by atoms with E-state index < -0.39 is 17.8 Å². The Hall–Kier alpha value is -1.70. The Kier molecular flexibility index (Phi) is 6.03. The van der Waals surface area contributed by atoms with Crippen LogP contribution in [0.15, 0.2) is 0 Å². The van der Waals surface area contributed by atoms with Gasteiger partial charge in [-0.15, -0.1) is 0 Å². The number of nitrogens with one attached hydrogen (secondary N) is 1. The van der Waals surface area contributed by atoms with Crippen LogP contribution in [0.2, 0.25) is 0 Å². The molecule has 1 saturated heterocycles. The first-order valence-electron chi connectivity index (χ1n) is 9.66. The molecule has 3 rings (SSSR count). The van der Waals surface area contributed by atoms with E-state index in [-0.39, 0.29) is 23.7 Å². The molecule has 1 aliphatic heterocycles. The van der Waals surface area contributed by atoms with Crippen LogP contribution in [0.25, 0.3) is 0 Å². The van der Waals surface area contributed by atoms with Gasteiger partial charge in [0.1, 0.15) is 5.82 Å². The molecule has 1 fully saturated rings. The Bertz CT molecular complexity index is 684. The number of fused-ring (bicyclic) bond motifs is 1. The molecule has 1 N–H and O–H groups in total. The summed E-state index contributed by atoms with van der Waals surface area (Å²) < 4.78 is 40.2. The van der Waals surface area contributed by atoms with Crippen LogP contribution in [-0.4, -0.2) is 47.5 Å². The second kappa shape index (κ2) is 8.12. The number of hydrogen-bond donors (Lipinski definition) is 1. The summed E-state index contributed by atoms with van der Waals surface area (Å²) >= 11 is 0. The molecule has 8 heteroatoms. The molecule has 0 aromatic carbocycles. The molecule has 0 spiro atoms. The van der Waals surface area contributed by atoms with Crippen LogP contribution in [0, 0.1) is 18.8 Å². The van der Waals surface area contributed by atoms with Gasteiger partial charge in [-0.2, -0.15) is 13.2 Å². The minimum Gasteiger partial charge on any atom is -0.342 e. The molecule has 2 aliphatic rings. The highest BCUT2D eigenvalue weighted by Gasteiger charge is 2.40. The van der Waals surface area contributed by atoms with Crippen LogP contribution in [-0.2, 0) is 23.8 Å². The summed E-state index contributed by atoms with van der Waals surface area (Å²) in [5, 5.41) is 3.15. The zero-order chi connectivity index (χ0) is 19.6. The number of nitrogens with zero attached hydrogens (tertiary/aromatic N) is 3. The summed E-state index contributed by atoms with van der Waals surface area (Å²) in [5.74, 6) is 0.330. The summed E-state index contributed by atoms with van der Waals surface area (Å²) in [5.41, 5.74) is -0.306. The maximum absolute atomic E-state index is 13.4. The van der Waals surface area contributed by atoms with Crippen molar-refractivity contribution in [2.24, 2.45) is 11.8 Å². The molecule has 5 nitrogen and oxygen atoms in total. The Morgan fingerprint density at radius 2 is 1.93 bits per heavy atom. The molecule has 1 aromatic rings. The first kappa shape index (κ1) is 20.0. The molecule has 1 amide bonds. The highest BCUT2D eigenvalue weighted by Crippen LogP contribution is 2.36. The van der Waals surface area contributed by atoms with Crippen LogP contribution in [0.4, 0.5) is 13.2 Å². The molecule has 0 bridgehead atoms. The molecule has 150 valence electrons. The second-order valence-electron chi connectivity index (χ2n) is 7.64. The van der Waals surface area contributed by atoms with Crippen molar-refractivity contribution in [1.82, 2.24) is 20.2 Å². The number of carbonyl (C=O) groups is 1. The number of piperidine rings is 1. The van der Waals surface area contributed by atoms with Gasteiger partial charge in [0.05, 0.1) is 0 Å². The summed E-state index contributed by atoms with van der Waals surface area (Å²) in [7, 11) is 1.93. The standard InChI is InChI=1S/C19H27F3N4O/c1-12-24-16-4-3-14(11-15(16)17(25-12)19(20,21)22)18(27)26-9-6-13(7-10-26)5-8-23-2/h13-14,23H,3-11H2,1-2H3. The summed E-state index contributed by atoms with van der Waals surface area (Å²) in [6, 6.07) is 0. The average molecular weight is 384 g/mol. The molecule has 2 heterocycles. The van der Waals surface area contributed by atoms with Gasteiger partial charge in [-0.3, -0.25) is 4.79 Å². The molecule has 1 unspecified atom stereocenters. The smallest absolute Gasteiger partial charge is 0.342 e. The maximum Gasteiger partial charge on any atom is 0.433 e. The molecule has 0 saturated carbocycles. The van der Waals surface area contributed by atoms with Crippen molar-refractivity contribution in [3.63, 3.8) is 0 Å². The number of halogens is 3. The van der Waals surface area contributed by atoms with Crippen LogP contribution in [0.5, 0.6) is 0 Å². The lowest BCUT2D eigenvalue weighted by molar-refractivity contribution is -0.143. The monoisotopic (exact) mass is 384 g/mol. The fourth-order valence-electron chi connectivity index (χ4n) is 4.23. The number of carbonyl (C=O) groups excluding carboxylic acids is 1. The third-order valence-corrected chi connectivity index (χ3v) is 5.73. The van der Waals surface area contributed by atoms with E-state index in [2.05, 4.69) is 15.3 Å². The molecule has 1 atom stereocenters. The predicted molar refractivity (Wildman–Crippen MR) is 95.1 cm³/mol. The zero-order valence-corrected chi connectivity index (χ0v) is 15.9. The lowest BCUT2D eigenvalue weighted by Gasteiger charge is -2.35. The number of likely N-dealkylation sites (tertiary alicyclic amines) is 1. The normalized spacial score (nSPS) is 21.2. The highest BCUT2D eigenvalue weighted by atomic mass is 19.4. The lowest BCUT2D eigenvalue weighted by atomic mass is 9.83. The van der Waals surface area contributed by atoms with Crippen LogP contribution >= 0.6 is 0 Å². The highest BCUT2D eigenvalue weighted by molar-refractivity contribution is 5.79. The van der Waals surface area contributed by atoms with Crippen molar-refractivity contribution in [1.29, 1.82) is 0 Å². The topological polar surface area (TPSA) is 58.1 Å². The fourth-order valence-corrected chi connectivity index (χ4v) is 4.23. The third-order valence-electron chi connectivity index (χ3n) is 5.73. The van der Waals surface area contributed by atoms with Gasteiger partial charge in [-0.25, -0.2) is 9.97 Å². The summed E-state index contributed by atoms with van der Waals surface area (Å²) in [4.78, 5) is 22.6. The van der Waals surface area contributed by atoms with E-state index in [9.17, 15) is 18.0 Å². The first-order chi connectivity index (χ1) is 12.8. The predicted octanol–water partition coefficient (Wildman–Crippen LogP) is 2.76. The van der Waals surface area contributed by atoms with E-state index in [1.165, 1.54) is 6.92 Å². The average Bonchev–Trinajstić information content (AvgIpc) is 2.64. The van der Waals surface area contributed by atoms with Crippen molar-refractivity contribution < 1.29 is 18.0 Å².